The Morgan fingerprint density at radius 2 is 1.79 bits per heavy atom. The zero-order valence-electron chi connectivity index (χ0n) is 15.8. The minimum absolute atomic E-state index is 0.0256. The number of carbonyl (C=O) groups excluding carboxylic acids is 2. The molecule has 144 valence electrons. The van der Waals surface area contributed by atoms with Crippen molar-refractivity contribution in [1.29, 1.82) is 0 Å². The number of carbonyl (C=O) groups is 2. The molecule has 2 aliphatic rings. The van der Waals surface area contributed by atoms with Crippen LogP contribution in [0.5, 0.6) is 0 Å². The van der Waals surface area contributed by atoms with E-state index < -0.39 is 0 Å². The molecule has 0 N–H and O–H groups in total. The molecule has 2 aromatic rings. The maximum Gasteiger partial charge on any atom is 0.232 e. The topological polar surface area (TPSA) is 37.4 Å². The third-order valence-corrected chi connectivity index (χ3v) is 6.29. The van der Waals surface area contributed by atoms with Gasteiger partial charge >= 0.3 is 0 Å². The van der Waals surface area contributed by atoms with E-state index in [2.05, 4.69) is 29.8 Å². The average molecular weight is 459 g/mol. The van der Waals surface area contributed by atoms with Crippen molar-refractivity contribution < 1.29 is 9.59 Å². The average Bonchev–Trinajstić information content (AvgIpc) is 2.62. The number of halogens is 2. The summed E-state index contributed by atoms with van der Waals surface area (Å²) in [5.41, 5.74) is 3.02. The second kappa shape index (κ2) is 7.16. The monoisotopic (exact) mass is 457 g/mol. The highest BCUT2D eigenvalue weighted by atomic mass is 79.9. The molecular formula is C23H21BrClNO2. The molecule has 1 atom stereocenters. The van der Waals surface area contributed by atoms with E-state index in [9.17, 15) is 9.59 Å². The Morgan fingerprint density at radius 3 is 2.46 bits per heavy atom. The fraction of sp³-hybridized carbons (Fsp3) is 0.304. The summed E-state index contributed by atoms with van der Waals surface area (Å²) < 4.78 is 0.849. The Morgan fingerprint density at radius 1 is 1.07 bits per heavy atom. The lowest BCUT2D eigenvalue weighted by molar-refractivity contribution is -0.121. The predicted molar refractivity (Wildman–Crippen MR) is 115 cm³/mol. The van der Waals surface area contributed by atoms with Crippen molar-refractivity contribution in [2.45, 2.75) is 39.0 Å². The summed E-state index contributed by atoms with van der Waals surface area (Å²) in [5, 5.41) is 0.489. The standard InChI is InChI=1S/C23H21BrClNO2/c1-23(2)12-19-22(20(27)13-23)16(14-6-4-3-5-7-14)11-21(28)26(19)18-9-8-15(24)10-17(18)25/h3-10,16H,11-13H2,1-2H3. The van der Waals surface area contributed by atoms with Crippen LogP contribution in [0.3, 0.4) is 0 Å². The van der Waals surface area contributed by atoms with Crippen LogP contribution >= 0.6 is 27.5 Å². The number of amides is 1. The molecule has 3 nitrogen and oxygen atoms in total. The summed E-state index contributed by atoms with van der Waals surface area (Å²) in [6, 6.07) is 15.3. The molecule has 1 heterocycles. The van der Waals surface area contributed by atoms with Gasteiger partial charge in [-0.05, 0) is 35.6 Å². The number of Topliss-reactive ketones (excluding diaryl/α,β-unsaturated/α-hetero) is 1. The van der Waals surface area contributed by atoms with E-state index in [-0.39, 0.29) is 29.4 Å². The van der Waals surface area contributed by atoms with Crippen LogP contribution in [0, 0.1) is 5.41 Å². The summed E-state index contributed by atoms with van der Waals surface area (Å²) in [6.45, 7) is 4.15. The molecule has 28 heavy (non-hydrogen) atoms. The van der Waals surface area contributed by atoms with Crippen LogP contribution in [0.2, 0.25) is 5.02 Å². The fourth-order valence-corrected chi connectivity index (χ4v) is 5.09. The van der Waals surface area contributed by atoms with Gasteiger partial charge in [0, 0.05) is 34.5 Å². The van der Waals surface area contributed by atoms with Gasteiger partial charge in [-0.15, -0.1) is 0 Å². The van der Waals surface area contributed by atoms with Gasteiger partial charge < -0.3 is 0 Å². The number of hydrogen-bond donors (Lipinski definition) is 0. The van der Waals surface area contributed by atoms with Gasteiger partial charge in [-0.25, -0.2) is 0 Å². The van der Waals surface area contributed by atoms with Crippen molar-refractivity contribution >= 4 is 44.9 Å². The maximum absolute atomic E-state index is 13.3. The summed E-state index contributed by atoms with van der Waals surface area (Å²) in [5.74, 6) is -0.0917. The molecular weight excluding hydrogens is 438 g/mol. The number of ketones is 1. The Balaban J connectivity index is 1.92. The molecule has 1 amide bonds. The molecule has 0 saturated heterocycles. The Bertz CT molecular complexity index is 997. The van der Waals surface area contributed by atoms with Crippen molar-refractivity contribution in [2.24, 2.45) is 5.41 Å². The quantitative estimate of drug-likeness (QED) is 0.532. The van der Waals surface area contributed by atoms with Crippen molar-refractivity contribution in [1.82, 2.24) is 0 Å². The molecule has 1 unspecified atom stereocenters. The minimum atomic E-state index is -0.200. The molecule has 5 heteroatoms. The summed E-state index contributed by atoms with van der Waals surface area (Å²) in [7, 11) is 0. The van der Waals surface area contributed by atoms with E-state index in [0.29, 0.717) is 23.6 Å². The second-order valence-corrected chi connectivity index (χ2v) is 9.62. The van der Waals surface area contributed by atoms with Crippen molar-refractivity contribution in [3.63, 3.8) is 0 Å². The van der Waals surface area contributed by atoms with Crippen LogP contribution in [-0.2, 0) is 9.59 Å². The molecule has 0 radical (unpaired) electrons. The highest BCUT2D eigenvalue weighted by Crippen LogP contribution is 2.49. The molecule has 0 aromatic heterocycles. The normalized spacial score (nSPS) is 21.7. The molecule has 0 saturated carbocycles. The van der Waals surface area contributed by atoms with Crippen LogP contribution in [0.4, 0.5) is 5.69 Å². The van der Waals surface area contributed by atoms with Crippen LogP contribution in [-0.4, -0.2) is 11.7 Å². The summed E-state index contributed by atoms with van der Waals surface area (Å²) in [6.07, 6.45) is 1.42. The smallest absolute Gasteiger partial charge is 0.232 e. The van der Waals surface area contributed by atoms with E-state index >= 15 is 0 Å². The number of rotatable bonds is 2. The van der Waals surface area contributed by atoms with Crippen molar-refractivity contribution in [2.75, 3.05) is 4.90 Å². The van der Waals surface area contributed by atoms with Crippen LogP contribution < -0.4 is 4.90 Å². The fourth-order valence-electron chi connectivity index (χ4n) is 4.33. The second-order valence-electron chi connectivity index (χ2n) is 8.29. The third-order valence-electron chi connectivity index (χ3n) is 5.50. The molecule has 4 rings (SSSR count). The maximum atomic E-state index is 13.3. The first kappa shape index (κ1) is 19.4. The molecule has 2 aromatic carbocycles. The Hall–Kier alpha value is -1.91. The number of nitrogens with zero attached hydrogens (tertiary/aromatic N) is 1. The van der Waals surface area contributed by atoms with E-state index in [1.807, 2.05) is 42.5 Å². The number of allylic oxidation sites excluding steroid dienone is 2. The lowest BCUT2D eigenvalue weighted by Crippen LogP contribution is -2.43. The van der Waals surface area contributed by atoms with E-state index in [0.717, 1.165) is 21.3 Å². The lowest BCUT2D eigenvalue weighted by atomic mass is 9.69. The Kier molecular flexibility index (Phi) is 4.96. The first-order valence-electron chi connectivity index (χ1n) is 9.36. The molecule has 1 aliphatic heterocycles. The van der Waals surface area contributed by atoms with Gasteiger partial charge in [0.15, 0.2) is 5.78 Å². The van der Waals surface area contributed by atoms with Crippen molar-refractivity contribution in [3.8, 4) is 0 Å². The first-order chi connectivity index (χ1) is 13.3. The van der Waals surface area contributed by atoms with E-state index in [1.54, 1.807) is 11.0 Å². The molecule has 0 fully saturated rings. The molecule has 0 spiro atoms. The molecule has 1 aliphatic carbocycles. The van der Waals surface area contributed by atoms with Crippen LogP contribution in [0.15, 0.2) is 64.3 Å². The number of benzene rings is 2. The van der Waals surface area contributed by atoms with Gasteiger partial charge in [-0.1, -0.05) is 71.7 Å². The minimum Gasteiger partial charge on any atom is -0.294 e. The van der Waals surface area contributed by atoms with Gasteiger partial charge in [-0.3, -0.25) is 14.5 Å². The zero-order chi connectivity index (χ0) is 20.1. The van der Waals surface area contributed by atoms with Crippen LogP contribution in [0.1, 0.15) is 44.6 Å². The molecule has 0 bridgehead atoms. The van der Waals surface area contributed by atoms with Gasteiger partial charge in [0.1, 0.15) is 0 Å². The zero-order valence-corrected chi connectivity index (χ0v) is 18.2. The lowest BCUT2D eigenvalue weighted by Gasteiger charge is -2.43. The summed E-state index contributed by atoms with van der Waals surface area (Å²) >= 11 is 9.91. The Labute approximate surface area is 178 Å². The number of anilines is 1. The SMILES string of the molecule is CC1(C)CC(=O)C2=C(C1)N(c1ccc(Br)cc1Cl)C(=O)CC2c1ccccc1. The van der Waals surface area contributed by atoms with E-state index in [4.69, 9.17) is 11.6 Å². The van der Waals surface area contributed by atoms with E-state index in [1.165, 1.54) is 0 Å². The third kappa shape index (κ3) is 3.44. The highest BCUT2D eigenvalue weighted by molar-refractivity contribution is 9.10. The van der Waals surface area contributed by atoms with Gasteiger partial charge in [0.05, 0.1) is 10.7 Å². The summed E-state index contributed by atoms with van der Waals surface area (Å²) in [4.78, 5) is 28.2. The number of hydrogen-bond acceptors (Lipinski definition) is 2. The largest absolute Gasteiger partial charge is 0.294 e. The van der Waals surface area contributed by atoms with Crippen molar-refractivity contribution in [3.05, 3.63) is 74.9 Å². The highest BCUT2D eigenvalue weighted by Gasteiger charge is 2.44. The van der Waals surface area contributed by atoms with Gasteiger partial charge in [0.2, 0.25) is 5.91 Å². The van der Waals surface area contributed by atoms with Gasteiger partial charge in [-0.2, -0.15) is 0 Å². The first-order valence-corrected chi connectivity index (χ1v) is 10.5. The van der Waals surface area contributed by atoms with Gasteiger partial charge in [0.25, 0.3) is 0 Å². The predicted octanol–water partition coefficient (Wildman–Crippen LogP) is 6.27. The van der Waals surface area contributed by atoms with Crippen LogP contribution in [0.25, 0.3) is 0 Å².